The highest BCUT2D eigenvalue weighted by Gasteiger charge is 2.35. The summed E-state index contributed by atoms with van der Waals surface area (Å²) >= 11 is 5.92. The molecule has 180 valence electrons. The monoisotopic (exact) mass is 481 g/mol. The van der Waals surface area contributed by atoms with Gasteiger partial charge >= 0.3 is 0 Å². The number of carbonyl (C=O) groups excluding carboxylic acids is 2. The summed E-state index contributed by atoms with van der Waals surface area (Å²) in [6.07, 6.45) is 0.758. The minimum atomic E-state index is -0.867. The summed E-state index contributed by atoms with van der Waals surface area (Å²) in [5.41, 5.74) is 0.173. The molecule has 1 aliphatic heterocycles. The van der Waals surface area contributed by atoms with Crippen molar-refractivity contribution in [3.8, 4) is 11.4 Å². The van der Waals surface area contributed by atoms with Gasteiger partial charge in [-0.05, 0) is 38.4 Å². The van der Waals surface area contributed by atoms with Crippen LogP contribution in [0.15, 0.2) is 12.1 Å². The van der Waals surface area contributed by atoms with Gasteiger partial charge in [0, 0.05) is 25.7 Å². The van der Waals surface area contributed by atoms with Crippen LogP contribution in [0.1, 0.15) is 50.3 Å². The van der Waals surface area contributed by atoms with E-state index in [4.69, 9.17) is 11.6 Å². The molecule has 1 aromatic carbocycles. The predicted octanol–water partition coefficient (Wildman–Crippen LogP) is 3.60. The number of halogens is 3. The van der Waals surface area contributed by atoms with Crippen LogP contribution in [0.25, 0.3) is 11.4 Å². The fraction of sp³-hybridized carbons (Fsp3) is 0.522. The zero-order valence-corrected chi connectivity index (χ0v) is 20.3. The number of benzene rings is 1. The molecule has 1 aliphatic rings. The number of fused-ring (bicyclic) bond motifs is 1. The molecule has 0 fully saturated rings. The van der Waals surface area contributed by atoms with Crippen LogP contribution < -0.4 is 10.6 Å². The average Bonchev–Trinajstić information content (AvgIpc) is 2.94. The number of nitrogens with zero attached hydrogens (tertiary/aromatic N) is 3. The molecular weight excluding hydrogens is 452 g/mol. The molecule has 2 amide bonds. The number of hydrogen-bond acceptors (Lipinski definition) is 4. The van der Waals surface area contributed by atoms with Crippen LogP contribution in [-0.4, -0.2) is 52.4 Å². The first-order chi connectivity index (χ1) is 15.4. The van der Waals surface area contributed by atoms with Gasteiger partial charge in [-0.15, -0.1) is 0 Å². The highest BCUT2D eigenvalue weighted by molar-refractivity contribution is 6.31. The molecular formula is C23H30ClF2N5O2. The van der Waals surface area contributed by atoms with Gasteiger partial charge in [0.25, 0.3) is 5.91 Å². The highest BCUT2D eigenvalue weighted by atomic mass is 35.5. The fourth-order valence-electron chi connectivity index (χ4n) is 3.95. The van der Waals surface area contributed by atoms with E-state index >= 15 is 0 Å². The van der Waals surface area contributed by atoms with E-state index < -0.39 is 29.0 Å². The van der Waals surface area contributed by atoms with Crippen LogP contribution in [0.2, 0.25) is 5.02 Å². The van der Waals surface area contributed by atoms with E-state index in [9.17, 15) is 18.4 Å². The fourth-order valence-corrected chi connectivity index (χ4v) is 4.12. The SMILES string of the molecule is CCNC(=O)[C@@H](NC(=O)c1nc(-c2cc(Cl)c(F)cc2F)n2c1CN(C)CCC2)C(C)(C)C. The molecule has 0 aliphatic carbocycles. The molecule has 0 bridgehead atoms. The lowest BCUT2D eigenvalue weighted by Crippen LogP contribution is -2.53. The Bertz CT molecular complexity index is 1060. The van der Waals surface area contributed by atoms with Gasteiger partial charge in [-0.3, -0.25) is 9.59 Å². The van der Waals surface area contributed by atoms with Gasteiger partial charge in [0.15, 0.2) is 5.69 Å². The Morgan fingerprint density at radius 2 is 1.91 bits per heavy atom. The third-order valence-corrected chi connectivity index (χ3v) is 5.92. The summed E-state index contributed by atoms with van der Waals surface area (Å²) in [6, 6.07) is 1.10. The molecule has 33 heavy (non-hydrogen) atoms. The third-order valence-electron chi connectivity index (χ3n) is 5.63. The van der Waals surface area contributed by atoms with Crippen LogP contribution in [0, 0.1) is 17.0 Å². The summed E-state index contributed by atoms with van der Waals surface area (Å²) in [4.78, 5) is 32.5. The summed E-state index contributed by atoms with van der Waals surface area (Å²) < 4.78 is 30.2. The molecule has 0 saturated heterocycles. The molecule has 2 aromatic rings. The van der Waals surface area contributed by atoms with Crippen molar-refractivity contribution in [2.45, 2.75) is 53.2 Å². The van der Waals surface area contributed by atoms with Gasteiger partial charge in [-0.25, -0.2) is 13.8 Å². The summed E-state index contributed by atoms with van der Waals surface area (Å²) in [5, 5.41) is 5.34. The van der Waals surface area contributed by atoms with E-state index in [1.165, 1.54) is 6.07 Å². The molecule has 0 spiro atoms. The average molecular weight is 482 g/mol. The number of amides is 2. The maximum absolute atomic E-state index is 14.7. The standard InChI is InChI=1S/C23H30ClF2N5O2/c1-6-27-22(33)19(23(2,3)4)29-21(32)18-17-12-30(5)8-7-9-31(17)20(28-18)13-10-14(24)16(26)11-15(13)25/h10-11,19H,6-9,12H2,1-5H3,(H,27,33)(H,29,32)/t19-/m1/s1. The Morgan fingerprint density at radius 3 is 2.55 bits per heavy atom. The maximum atomic E-state index is 14.7. The molecule has 0 radical (unpaired) electrons. The van der Waals surface area contributed by atoms with Crippen LogP contribution in [0.5, 0.6) is 0 Å². The first-order valence-corrected chi connectivity index (χ1v) is 11.3. The first-order valence-electron chi connectivity index (χ1n) is 11.0. The number of rotatable bonds is 5. The minimum Gasteiger partial charge on any atom is -0.355 e. The molecule has 1 aromatic heterocycles. The Hall–Kier alpha value is -2.52. The van der Waals surface area contributed by atoms with Crippen molar-refractivity contribution in [1.29, 1.82) is 0 Å². The zero-order valence-electron chi connectivity index (χ0n) is 19.6. The number of nitrogens with one attached hydrogen (secondary N) is 2. The van der Waals surface area contributed by atoms with Crippen LogP contribution in [0.3, 0.4) is 0 Å². The minimum absolute atomic E-state index is 0.0161. The Morgan fingerprint density at radius 1 is 1.21 bits per heavy atom. The molecule has 10 heteroatoms. The van der Waals surface area contributed by atoms with E-state index in [1.54, 1.807) is 11.5 Å². The van der Waals surface area contributed by atoms with Crippen molar-refractivity contribution >= 4 is 23.4 Å². The van der Waals surface area contributed by atoms with E-state index in [0.717, 1.165) is 13.0 Å². The van der Waals surface area contributed by atoms with Gasteiger partial charge in [0.05, 0.1) is 16.3 Å². The van der Waals surface area contributed by atoms with Crippen molar-refractivity contribution in [1.82, 2.24) is 25.1 Å². The summed E-state index contributed by atoms with van der Waals surface area (Å²) in [6.45, 7) is 9.50. The predicted molar refractivity (Wildman–Crippen MR) is 123 cm³/mol. The lowest BCUT2D eigenvalue weighted by Gasteiger charge is -2.30. The normalized spacial score (nSPS) is 15.5. The van der Waals surface area contributed by atoms with Crippen molar-refractivity contribution in [2.75, 3.05) is 20.1 Å². The van der Waals surface area contributed by atoms with Gasteiger partial charge in [0.2, 0.25) is 5.91 Å². The van der Waals surface area contributed by atoms with Gasteiger partial charge in [-0.2, -0.15) is 0 Å². The Labute approximate surface area is 197 Å². The van der Waals surface area contributed by atoms with Gasteiger partial charge in [-0.1, -0.05) is 32.4 Å². The molecule has 0 unspecified atom stereocenters. The van der Waals surface area contributed by atoms with E-state index in [2.05, 4.69) is 15.6 Å². The third kappa shape index (κ3) is 5.35. The van der Waals surface area contributed by atoms with Crippen molar-refractivity contribution in [2.24, 2.45) is 5.41 Å². The quantitative estimate of drug-likeness (QED) is 0.639. The summed E-state index contributed by atoms with van der Waals surface area (Å²) in [7, 11) is 1.92. The second kappa shape index (κ2) is 9.77. The smallest absolute Gasteiger partial charge is 0.272 e. The van der Waals surface area contributed by atoms with E-state index in [-0.39, 0.29) is 28.0 Å². The number of likely N-dealkylation sites (N-methyl/N-ethyl adjacent to an activating group) is 1. The van der Waals surface area contributed by atoms with Crippen LogP contribution >= 0.6 is 11.6 Å². The number of aromatic nitrogens is 2. The zero-order chi connectivity index (χ0) is 24.5. The van der Waals surface area contributed by atoms with Crippen molar-refractivity contribution < 1.29 is 18.4 Å². The van der Waals surface area contributed by atoms with Gasteiger partial charge in [0.1, 0.15) is 23.5 Å². The van der Waals surface area contributed by atoms with Gasteiger partial charge < -0.3 is 20.1 Å². The second-order valence-corrected chi connectivity index (χ2v) is 9.79. The molecule has 1 atom stereocenters. The molecule has 2 heterocycles. The Kier molecular flexibility index (Phi) is 7.43. The number of imidazole rings is 1. The second-order valence-electron chi connectivity index (χ2n) is 9.39. The molecule has 0 saturated carbocycles. The molecule has 3 rings (SSSR count). The van der Waals surface area contributed by atoms with Crippen molar-refractivity contribution in [3.63, 3.8) is 0 Å². The van der Waals surface area contributed by atoms with Crippen LogP contribution in [-0.2, 0) is 17.9 Å². The largest absolute Gasteiger partial charge is 0.355 e. The summed E-state index contributed by atoms with van der Waals surface area (Å²) in [5.74, 6) is -2.30. The lowest BCUT2D eigenvalue weighted by atomic mass is 9.86. The van der Waals surface area contributed by atoms with E-state index in [1.807, 2.05) is 32.7 Å². The Balaban J connectivity index is 2.09. The lowest BCUT2D eigenvalue weighted by molar-refractivity contribution is -0.125. The number of carbonyl (C=O) groups is 2. The highest BCUT2D eigenvalue weighted by Crippen LogP contribution is 2.31. The first kappa shape index (κ1) is 25.1. The topological polar surface area (TPSA) is 79.3 Å². The number of hydrogen-bond donors (Lipinski definition) is 2. The van der Waals surface area contributed by atoms with Crippen LogP contribution in [0.4, 0.5) is 8.78 Å². The molecule has 7 nitrogen and oxygen atoms in total. The maximum Gasteiger partial charge on any atom is 0.272 e. The van der Waals surface area contributed by atoms with Crippen molar-refractivity contribution in [3.05, 3.63) is 40.2 Å². The van der Waals surface area contributed by atoms with E-state index in [0.29, 0.717) is 31.4 Å². The molecule has 2 N–H and O–H groups in total.